The average molecular weight is 897 g/mol. The van der Waals surface area contributed by atoms with Crippen LogP contribution in [0.5, 0.6) is 0 Å². The molecule has 0 spiro atoms. The Kier molecular flexibility index (Phi) is 29.5. The summed E-state index contributed by atoms with van der Waals surface area (Å²) in [6.45, 7) is -2.01. The number of rotatable bonds is 42. The first kappa shape index (κ1) is 46.1. The van der Waals surface area contributed by atoms with E-state index in [-0.39, 0.29) is 18.7 Å². The van der Waals surface area contributed by atoms with Crippen LogP contribution in [0.2, 0.25) is 0 Å². The fourth-order valence-electron chi connectivity index (χ4n) is 7.53. The van der Waals surface area contributed by atoms with Crippen LogP contribution in [0, 0.1) is 0 Å². The summed E-state index contributed by atoms with van der Waals surface area (Å²) in [7, 11) is -5.13. The van der Waals surface area contributed by atoms with Crippen molar-refractivity contribution in [2.75, 3.05) is 13.2 Å². The molecular formula is C48H91NO11S. The van der Waals surface area contributed by atoms with Crippen molar-refractivity contribution in [3.8, 4) is 0 Å². The van der Waals surface area contributed by atoms with E-state index in [4.69, 9.17) is 19.1 Å². The van der Waals surface area contributed by atoms with Gasteiger partial charge in [0.25, 0.3) is 0 Å². The molecule has 6 N–H and O–H groups in total. The summed E-state index contributed by atoms with van der Waals surface area (Å²) in [6, 6.07) is -1.02. The van der Waals surface area contributed by atoms with Gasteiger partial charge in [0.05, 0.1) is 25.4 Å². The molecule has 7 atom stereocenters. The lowest BCUT2D eigenvalue weighted by Crippen LogP contribution is -2.61. The Morgan fingerprint density at radius 2 is 1.21 bits per heavy atom. The number of allylic oxidation sites excluding steroid dienone is 3. The summed E-state index contributed by atoms with van der Waals surface area (Å²) in [5, 5.41) is 44.7. The molecule has 1 aliphatic heterocycles. The van der Waals surface area contributed by atoms with Crippen LogP contribution in [0.15, 0.2) is 24.3 Å². The second-order valence-electron chi connectivity index (χ2n) is 16.7. The number of amides is 1. The van der Waals surface area contributed by atoms with Crippen molar-refractivity contribution in [1.82, 2.24) is 5.32 Å². The zero-order chi connectivity index (χ0) is 50.9. The molecule has 1 heterocycles. The maximum absolute atomic E-state index is 13.1. The first-order valence-corrected chi connectivity index (χ1v) is 25.2. The van der Waals surface area contributed by atoms with Gasteiger partial charge in [-0.25, -0.2) is 4.18 Å². The van der Waals surface area contributed by atoms with Crippen molar-refractivity contribution >= 4 is 16.3 Å². The van der Waals surface area contributed by atoms with E-state index in [2.05, 4.69) is 28.6 Å². The summed E-state index contributed by atoms with van der Waals surface area (Å²) in [5.41, 5.74) is 0. The van der Waals surface area contributed by atoms with Gasteiger partial charge in [0.2, 0.25) is 5.91 Å². The topological polar surface area (TPSA) is 192 Å². The van der Waals surface area contributed by atoms with Crippen molar-refractivity contribution in [2.45, 2.75) is 262 Å². The van der Waals surface area contributed by atoms with Gasteiger partial charge in [-0.2, -0.15) is 8.42 Å². The summed E-state index contributed by atoms with van der Waals surface area (Å²) < 4.78 is 101. The lowest BCUT2D eigenvalue weighted by atomic mass is 9.99. The molecule has 1 saturated heterocycles. The number of hydrogen-bond donors (Lipinski definition) is 6. The molecule has 360 valence electrons. The molecule has 61 heavy (non-hydrogen) atoms. The van der Waals surface area contributed by atoms with Crippen LogP contribution in [0.3, 0.4) is 0 Å². The van der Waals surface area contributed by atoms with Gasteiger partial charge in [-0.15, -0.1) is 0 Å². The number of ether oxygens (including phenoxy) is 2. The number of aliphatic hydroxyl groups is 4. The number of aliphatic hydroxyl groups excluding tert-OH is 4. The van der Waals surface area contributed by atoms with Crippen molar-refractivity contribution in [3.05, 3.63) is 24.3 Å². The maximum Gasteiger partial charge on any atom is 0.397 e. The lowest BCUT2D eigenvalue weighted by molar-refractivity contribution is -0.298. The minimum absolute atomic E-state index is 0.164. The molecule has 0 aliphatic carbocycles. The summed E-state index contributed by atoms with van der Waals surface area (Å²) in [5.74, 6) is -0.323. The molecule has 12 nitrogen and oxygen atoms in total. The predicted molar refractivity (Wildman–Crippen MR) is 245 cm³/mol. The Bertz CT molecular complexity index is 1460. The van der Waals surface area contributed by atoms with Gasteiger partial charge >= 0.3 is 10.4 Å². The van der Waals surface area contributed by atoms with E-state index in [0.29, 0.717) is 25.7 Å². The first-order valence-electron chi connectivity index (χ1n) is 27.4. The molecule has 1 rings (SSSR count). The Morgan fingerprint density at radius 3 is 1.70 bits per heavy atom. The van der Waals surface area contributed by atoms with E-state index in [1.807, 2.05) is 0 Å². The van der Waals surface area contributed by atoms with Gasteiger partial charge in [-0.05, 0) is 44.9 Å². The molecule has 0 unspecified atom stereocenters. The highest BCUT2D eigenvalue weighted by Gasteiger charge is 2.48. The van der Waals surface area contributed by atoms with Crippen LogP contribution < -0.4 is 5.32 Å². The molecule has 0 saturated carbocycles. The average Bonchev–Trinajstić information content (AvgIpc) is 3.27. The standard InChI is InChI=1S/C48H91NO11S/c1-3-5-7-9-11-13-15-17-18-19-20-21-22-23-24-26-28-30-32-34-36-38-44(52)49-41(42(51)37-35-33-31-29-27-25-16-14-12-10-8-6-4-2)40-58-48-46(54)47(60-61(55,56)57)45(53)43(39-50)59-48/h17-18,35,37,41-43,45-48,50-51,53-54H,3-16,19-34,36,38-40H2,1-2H3,(H,49,52)(H,55,56,57)/b18-17-,37-35+/t41-,42+,43+,45-,46+,47-,48+/m0/s1/i2D3,4D2,6D2. The molecule has 0 aromatic heterocycles. The van der Waals surface area contributed by atoms with Gasteiger partial charge in [0.15, 0.2) is 6.29 Å². The molecular weight excluding hydrogens is 799 g/mol. The highest BCUT2D eigenvalue weighted by Crippen LogP contribution is 2.26. The van der Waals surface area contributed by atoms with Gasteiger partial charge in [0, 0.05) is 16.0 Å². The summed E-state index contributed by atoms with van der Waals surface area (Å²) in [6.07, 6.45) is 22.4. The number of carbonyl (C=O) groups is 1. The van der Waals surface area contributed by atoms with Crippen LogP contribution in [-0.2, 0) is 28.9 Å². The van der Waals surface area contributed by atoms with Crippen LogP contribution in [0.25, 0.3) is 0 Å². The summed E-state index contributed by atoms with van der Waals surface area (Å²) in [4.78, 5) is 13.1. The Morgan fingerprint density at radius 1 is 0.738 bits per heavy atom. The van der Waals surface area contributed by atoms with Gasteiger partial charge in [-0.3, -0.25) is 9.35 Å². The Balaban J connectivity index is 2.50. The number of unbranched alkanes of at least 4 members (excludes halogenated alkanes) is 25. The number of hydrogen-bond acceptors (Lipinski definition) is 10. The summed E-state index contributed by atoms with van der Waals surface area (Å²) >= 11 is 0. The van der Waals surface area contributed by atoms with E-state index in [0.717, 1.165) is 64.2 Å². The molecule has 0 aromatic carbocycles. The zero-order valence-electron chi connectivity index (χ0n) is 44.6. The third-order valence-electron chi connectivity index (χ3n) is 11.3. The second-order valence-corrected chi connectivity index (χ2v) is 17.8. The fraction of sp³-hybridized carbons (Fsp3) is 0.896. The highest BCUT2D eigenvalue weighted by atomic mass is 32.3. The van der Waals surface area contributed by atoms with Crippen LogP contribution in [0.1, 0.15) is 229 Å². The SMILES string of the molecule is [2H]C([2H])([2H])C([2H])([2H])C([2H])([2H])CCCCCCCCCC/C=C/[C@@H](O)[C@H](CO[C@@H]1O[C@H](CO)[C@H](O)[C@H](OS(=O)(=O)O)[C@H]1O)NC(=O)CCCCCCCCCCCCC/C=C\CCCCCCCC. The first-order chi connectivity index (χ1) is 32.2. The number of nitrogens with one attached hydrogen (secondary N) is 1. The molecule has 1 amide bonds. The third-order valence-corrected chi connectivity index (χ3v) is 11.7. The number of carbonyl (C=O) groups excluding carboxylic acids is 1. The van der Waals surface area contributed by atoms with Gasteiger partial charge in [0.1, 0.15) is 24.4 Å². The van der Waals surface area contributed by atoms with Crippen molar-refractivity contribution in [1.29, 1.82) is 0 Å². The molecule has 0 bridgehead atoms. The molecule has 1 aliphatic rings. The minimum atomic E-state index is -5.13. The lowest BCUT2D eigenvalue weighted by Gasteiger charge is -2.41. The largest absolute Gasteiger partial charge is 0.397 e. The van der Waals surface area contributed by atoms with Crippen LogP contribution >= 0.6 is 0 Å². The highest BCUT2D eigenvalue weighted by molar-refractivity contribution is 7.80. The predicted octanol–water partition coefficient (Wildman–Crippen LogP) is 10.1. The zero-order valence-corrected chi connectivity index (χ0v) is 38.4. The van der Waals surface area contributed by atoms with E-state index in [1.165, 1.54) is 96.0 Å². The van der Waals surface area contributed by atoms with Crippen molar-refractivity contribution in [2.24, 2.45) is 0 Å². The van der Waals surface area contributed by atoms with E-state index < -0.39 is 86.1 Å². The molecule has 1 fully saturated rings. The van der Waals surface area contributed by atoms with Crippen LogP contribution in [-0.4, -0.2) is 95.4 Å². The Labute approximate surface area is 381 Å². The van der Waals surface area contributed by atoms with E-state index >= 15 is 0 Å². The third kappa shape index (κ3) is 32.0. The maximum atomic E-state index is 13.1. The fourth-order valence-corrected chi connectivity index (χ4v) is 8.04. The minimum Gasteiger partial charge on any atom is -0.394 e. The van der Waals surface area contributed by atoms with E-state index in [1.54, 1.807) is 6.08 Å². The smallest absolute Gasteiger partial charge is 0.394 e. The van der Waals surface area contributed by atoms with Crippen molar-refractivity contribution in [3.63, 3.8) is 0 Å². The molecule has 13 heteroatoms. The molecule has 0 aromatic rings. The van der Waals surface area contributed by atoms with Gasteiger partial charge in [-0.1, -0.05) is 192 Å². The van der Waals surface area contributed by atoms with Crippen LogP contribution in [0.4, 0.5) is 0 Å². The monoisotopic (exact) mass is 897 g/mol. The molecule has 0 radical (unpaired) electrons. The normalized spacial score (nSPS) is 23.2. The van der Waals surface area contributed by atoms with Crippen molar-refractivity contribution < 1.29 is 61.4 Å². The van der Waals surface area contributed by atoms with Gasteiger partial charge < -0.3 is 35.2 Å². The van der Waals surface area contributed by atoms with E-state index in [9.17, 15) is 38.2 Å². The Hall–Kier alpha value is -1.42. The quantitative estimate of drug-likeness (QED) is 0.0194. The second kappa shape index (κ2) is 39.0.